The van der Waals surface area contributed by atoms with Crippen LogP contribution < -0.4 is 5.32 Å². The second-order valence-corrected chi connectivity index (χ2v) is 4.84. The molecule has 0 aliphatic heterocycles. The fourth-order valence-corrected chi connectivity index (χ4v) is 1.91. The lowest BCUT2D eigenvalue weighted by Crippen LogP contribution is -2.30. The molecule has 2 aromatic rings. The van der Waals surface area contributed by atoms with Crippen LogP contribution in [0.25, 0.3) is 0 Å². The lowest BCUT2D eigenvalue weighted by Gasteiger charge is -2.13. The fraction of sp³-hybridized carbons (Fsp3) is 0.250. The van der Waals surface area contributed by atoms with Crippen LogP contribution in [0.1, 0.15) is 28.8 Å². The van der Waals surface area contributed by atoms with Crippen molar-refractivity contribution in [2.75, 3.05) is 5.32 Å². The highest BCUT2D eigenvalue weighted by molar-refractivity contribution is 5.97. The van der Waals surface area contributed by atoms with Gasteiger partial charge in [-0.3, -0.25) is 4.79 Å². The van der Waals surface area contributed by atoms with Crippen molar-refractivity contribution in [3.05, 3.63) is 53.2 Å². The van der Waals surface area contributed by atoms with Crippen molar-refractivity contribution in [2.24, 2.45) is 0 Å². The van der Waals surface area contributed by atoms with Gasteiger partial charge in [-0.05, 0) is 39.0 Å². The molecule has 1 aromatic carbocycles. The molecule has 1 heterocycles. The Kier molecular flexibility index (Phi) is 4.60. The number of benzene rings is 1. The smallest absolute Gasteiger partial charge is 0.342 e. The van der Waals surface area contributed by atoms with E-state index in [2.05, 4.69) is 5.32 Å². The van der Waals surface area contributed by atoms with Gasteiger partial charge in [0.15, 0.2) is 6.10 Å². The molecule has 0 aliphatic carbocycles. The number of hydrogen-bond donors (Lipinski definition) is 1. The van der Waals surface area contributed by atoms with E-state index >= 15 is 0 Å². The van der Waals surface area contributed by atoms with Gasteiger partial charge < -0.3 is 14.5 Å². The second kappa shape index (κ2) is 6.43. The number of amides is 1. The predicted molar refractivity (Wildman–Crippen MR) is 78.1 cm³/mol. The molecular formula is C16H16FNO4. The van der Waals surface area contributed by atoms with Gasteiger partial charge in [-0.25, -0.2) is 9.18 Å². The first-order valence-corrected chi connectivity index (χ1v) is 6.72. The van der Waals surface area contributed by atoms with Gasteiger partial charge in [0.2, 0.25) is 0 Å². The molecule has 5 nitrogen and oxygen atoms in total. The Balaban J connectivity index is 2.01. The summed E-state index contributed by atoms with van der Waals surface area (Å²) in [6, 6.07) is 7.29. The number of rotatable bonds is 4. The average molecular weight is 305 g/mol. The minimum Gasteiger partial charge on any atom is -0.466 e. The van der Waals surface area contributed by atoms with Crippen molar-refractivity contribution in [1.82, 2.24) is 0 Å². The van der Waals surface area contributed by atoms with Crippen LogP contribution in [0.5, 0.6) is 0 Å². The van der Waals surface area contributed by atoms with Gasteiger partial charge in [0.25, 0.3) is 5.91 Å². The molecule has 1 atom stereocenters. The second-order valence-electron chi connectivity index (χ2n) is 4.84. The van der Waals surface area contributed by atoms with Gasteiger partial charge in [-0.2, -0.15) is 0 Å². The van der Waals surface area contributed by atoms with Crippen molar-refractivity contribution in [1.29, 1.82) is 0 Å². The number of carbonyl (C=O) groups excluding carboxylic acids is 2. The van der Waals surface area contributed by atoms with Gasteiger partial charge in [0.1, 0.15) is 22.9 Å². The standard InChI is InChI=1S/C16H16FNO4/c1-9-8-12(10(2)21-9)16(20)22-11(3)15(19)18-14-7-5-4-6-13(14)17/h4-8,11H,1-3H3,(H,18,19)/t11-/m0/s1. The van der Waals surface area contributed by atoms with E-state index in [-0.39, 0.29) is 11.3 Å². The Morgan fingerprint density at radius 2 is 1.95 bits per heavy atom. The highest BCUT2D eigenvalue weighted by Gasteiger charge is 2.22. The number of anilines is 1. The van der Waals surface area contributed by atoms with E-state index in [0.29, 0.717) is 11.5 Å². The SMILES string of the molecule is Cc1cc(C(=O)O[C@@H](C)C(=O)Nc2ccccc2F)c(C)o1. The summed E-state index contributed by atoms with van der Waals surface area (Å²) < 4.78 is 23.8. The molecule has 2 rings (SSSR count). The number of halogens is 1. The van der Waals surface area contributed by atoms with E-state index in [4.69, 9.17) is 9.15 Å². The number of ether oxygens (including phenoxy) is 1. The molecule has 0 bridgehead atoms. The molecule has 1 N–H and O–H groups in total. The first kappa shape index (κ1) is 15.8. The molecule has 22 heavy (non-hydrogen) atoms. The Morgan fingerprint density at radius 3 is 2.55 bits per heavy atom. The topological polar surface area (TPSA) is 68.5 Å². The van der Waals surface area contributed by atoms with Crippen LogP contribution in [0.2, 0.25) is 0 Å². The third kappa shape index (κ3) is 3.52. The van der Waals surface area contributed by atoms with Gasteiger partial charge in [-0.15, -0.1) is 0 Å². The Labute approximate surface area is 127 Å². The number of nitrogens with one attached hydrogen (secondary N) is 1. The number of esters is 1. The maximum atomic E-state index is 13.5. The maximum Gasteiger partial charge on any atom is 0.342 e. The highest BCUT2D eigenvalue weighted by Crippen LogP contribution is 2.17. The van der Waals surface area contributed by atoms with Crippen molar-refractivity contribution in [2.45, 2.75) is 26.9 Å². The third-order valence-electron chi connectivity index (χ3n) is 3.05. The highest BCUT2D eigenvalue weighted by atomic mass is 19.1. The van der Waals surface area contributed by atoms with E-state index < -0.39 is 23.8 Å². The largest absolute Gasteiger partial charge is 0.466 e. The van der Waals surface area contributed by atoms with Crippen LogP contribution in [0, 0.1) is 19.7 Å². The zero-order valence-corrected chi connectivity index (χ0v) is 12.5. The maximum absolute atomic E-state index is 13.5. The number of hydrogen-bond acceptors (Lipinski definition) is 4. The van der Waals surface area contributed by atoms with E-state index in [0.717, 1.165) is 0 Å². The quantitative estimate of drug-likeness (QED) is 0.881. The third-order valence-corrected chi connectivity index (χ3v) is 3.05. The molecule has 1 amide bonds. The molecule has 116 valence electrons. The number of carbonyl (C=O) groups is 2. The van der Waals surface area contributed by atoms with Crippen LogP contribution in [-0.4, -0.2) is 18.0 Å². The predicted octanol–water partition coefficient (Wildman–Crippen LogP) is 3.22. The number of para-hydroxylation sites is 1. The van der Waals surface area contributed by atoms with Crippen molar-refractivity contribution in [3.8, 4) is 0 Å². The summed E-state index contributed by atoms with van der Waals surface area (Å²) in [5.74, 6) is -0.838. The van der Waals surface area contributed by atoms with Crippen LogP contribution in [0.15, 0.2) is 34.7 Å². The van der Waals surface area contributed by atoms with Gasteiger partial charge in [-0.1, -0.05) is 12.1 Å². The minimum absolute atomic E-state index is 0.0331. The normalized spacial score (nSPS) is 11.8. The summed E-state index contributed by atoms with van der Waals surface area (Å²) in [7, 11) is 0. The Morgan fingerprint density at radius 1 is 1.27 bits per heavy atom. The molecule has 0 saturated carbocycles. The van der Waals surface area contributed by atoms with Crippen molar-refractivity contribution in [3.63, 3.8) is 0 Å². The van der Waals surface area contributed by atoms with E-state index in [1.807, 2.05) is 0 Å². The molecule has 1 aromatic heterocycles. The van der Waals surface area contributed by atoms with Gasteiger partial charge >= 0.3 is 5.97 Å². The first-order chi connectivity index (χ1) is 10.4. The molecule has 0 unspecified atom stereocenters. The van der Waals surface area contributed by atoms with Crippen LogP contribution in [0.3, 0.4) is 0 Å². The summed E-state index contributed by atoms with van der Waals surface area (Å²) in [5.41, 5.74) is 0.300. The Hall–Kier alpha value is -2.63. The van der Waals surface area contributed by atoms with Crippen molar-refractivity contribution >= 4 is 17.6 Å². The van der Waals surface area contributed by atoms with E-state index in [9.17, 15) is 14.0 Å². The molecular weight excluding hydrogens is 289 g/mol. The summed E-state index contributed by atoms with van der Waals surface area (Å²) in [4.78, 5) is 23.9. The fourth-order valence-electron chi connectivity index (χ4n) is 1.91. The number of furan rings is 1. The zero-order chi connectivity index (χ0) is 16.3. The van der Waals surface area contributed by atoms with Gasteiger partial charge in [0, 0.05) is 0 Å². The lowest BCUT2D eigenvalue weighted by molar-refractivity contribution is -0.123. The molecule has 0 spiro atoms. The summed E-state index contributed by atoms with van der Waals surface area (Å²) in [6.07, 6.45) is -1.07. The number of aryl methyl sites for hydroxylation is 2. The van der Waals surface area contributed by atoms with Crippen molar-refractivity contribution < 1.29 is 23.1 Å². The molecule has 0 saturated heterocycles. The molecule has 0 fully saturated rings. The zero-order valence-electron chi connectivity index (χ0n) is 12.5. The van der Waals surface area contributed by atoms with Crippen LogP contribution >= 0.6 is 0 Å². The van der Waals surface area contributed by atoms with Crippen LogP contribution in [-0.2, 0) is 9.53 Å². The van der Waals surface area contributed by atoms with Gasteiger partial charge in [0.05, 0.1) is 5.69 Å². The van der Waals surface area contributed by atoms with Crippen LogP contribution in [0.4, 0.5) is 10.1 Å². The molecule has 0 radical (unpaired) electrons. The van der Waals surface area contributed by atoms with E-state index in [1.54, 1.807) is 26.0 Å². The summed E-state index contributed by atoms with van der Waals surface area (Å²) in [5, 5.41) is 2.37. The average Bonchev–Trinajstić information content (AvgIpc) is 2.80. The minimum atomic E-state index is -1.07. The summed E-state index contributed by atoms with van der Waals surface area (Å²) >= 11 is 0. The Bertz CT molecular complexity index is 708. The molecule has 6 heteroatoms. The monoisotopic (exact) mass is 305 g/mol. The van der Waals surface area contributed by atoms with E-state index in [1.165, 1.54) is 25.1 Å². The summed E-state index contributed by atoms with van der Waals surface area (Å²) in [6.45, 7) is 4.75. The molecule has 0 aliphatic rings. The lowest BCUT2D eigenvalue weighted by atomic mass is 10.2. The first-order valence-electron chi connectivity index (χ1n) is 6.72.